The van der Waals surface area contributed by atoms with Gasteiger partial charge in [0.25, 0.3) is 11.8 Å². The molecule has 2 fully saturated rings. The van der Waals surface area contributed by atoms with E-state index in [9.17, 15) is 28.8 Å². The van der Waals surface area contributed by atoms with Gasteiger partial charge in [-0.05, 0) is 82.3 Å². The summed E-state index contributed by atoms with van der Waals surface area (Å²) >= 11 is 2.65. The van der Waals surface area contributed by atoms with Crippen molar-refractivity contribution in [3.05, 3.63) is 32.0 Å². The fourth-order valence-electron chi connectivity index (χ4n) is 5.66. The first-order chi connectivity index (χ1) is 21.0. The fourth-order valence-corrected chi connectivity index (χ4v) is 8.33. The van der Waals surface area contributed by atoms with Gasteiger partial charge in [0, 0.05) is 21.6 Å². The molecule has 0 radical (unpaired) electrons. The Morgan fingerprint density at radius 1 is 0.727 bits per heavy atom. The minimum absolute atomic E-state index is 0.0385. The molecule has 4 aliphatic carbocycles. The first kappa shape index (κ1) is 31.6. The number of carbonyl (C=O) groups excluding carboxylic acids is 5. The Morgan fingerprint density at radius 2 is 1.16 bits per heavy atom. The van der Waals surface area contributed by atoms with Crippen LogP contribution in [0.15, 0.2) is 0 Å². The molecule has 2 aromatic heterocycles. The van der Waals surface area contributed by atoms with Gasteiger partial charge < -0.3 is 31.9 Å². The number of primary amides is 2. The first-order valence-electron chi connectivity index (χ1n) is 14.9. The molecule has 12 nitrogen and oxygen atoms in total. The van der Waals surface area contributed by atoms with E-state index in [0.29, 0.717) is 66.3 Å². The van der Waals surface area contributed by atoms with E-state index >= 15 is 0 Å². The van der Waals surface area contributed by atoms with E-state index in [1.54, 1.807) is 6.92 Å². The van der Waals surface area contributed by atoms with Crippen LogP contribution in [0.4, 0.5) is 10.0 Å². The monoisotopic (exact) mass is 644 g/mol. The van der Waals surface area contributed by atoms with Crippen LogP contribution in [0.3, 0.4) is 0 Å². The van der Waals surface area contributed by atoms with Crippen LogP contribution in [0, 0.1) is 23.7 Å². The van der Waals surface area contributed by atoms with Gasteiger partial charge in [-0.25, -0.2) is 0 Å². The van der Waals surface area contributed by atoms with Crippen molar-refractivity contribution in [2.45, 2.75) is 71.1 Å². The summed E-state index contributed by atoms with van der Waals surface area (Å²) in [6.45, 7) is 2.15. The molecule has 7 N–H and O–H groups in total. The summed E-state index contributed by atoms with van der Waals surface area (Å²) in [5.74, 6) is -2.75. The van der Waals surface area contributed by atoms with Crippen LogP contribution in [0.5, 0.6) is 0 Å². The zero-order valence-corrected chi connectivity index (χ0v) is 26.0. The predicted octanol–water partition coefficient (Wildman–Crippen LogP) is 3.25. The molecule has 2 aromatic rings. The quantitative estimate of drug-likeness (QED) is 0.255. The summed E-state index contributed by atoms with van der Waals surface area (Å²) in [5.41, 5.74) is 13.4. The van der Waals surface area contributed by atoms with Crippen LogP contribution >= 0.6 is 22.7 Å². The van der Waals surface area contributed by atoms with E-state index in [1.807, 2.05) is 0 Å². The zero-order valence-electron chi connectivity index (χ0n) is 24.4. The van der Waals surface area contributed by atoms with Gasteiger partial charge in [-0.1, -0.05) is 0 Å². The summed E-state index contributed by atoms with van der Waals surface area (Å²) in [7, 11) is 0. The smallest absolute Gasteiger partial charge is 0.309 e. The zero-order chi connectivity index (χ0) is 31.7. The molecule has 0 bridgehead atoms. The minimum Gasteiger partial charge on any atom is -0.481 e. The summed E-state index contributed by atoms with van der Waals surface area (Å²) < 4.78 is 5.09. The van der Waals surface area contributed by atoms with Gasteiger partial charge in [-0.2, -0.15) is 0 Å². The highest BCUT2D eigenvalue weighted by Gasteiger charge is 2.36. The van der Waals surface area contributed by atoms with E-state index < -0.39 is 23.7 Å². The van der Waals surface area contributed by atoms with E-state index in [0.717, 1.165) is 46.6 Å². The SMILES string of the molecule is CCOC(=O)C1CCc2c(sc(NC(=O)C3CC3)c2C(N)=O)C1.NC(=O)c1c(NC(=O)C2CC2)sc2c1CCC(C(=O)O)C2. The average Bonchev–Trinajstić information content (AvgIpc) is 3.90. The summed E-state index contributed by atoms with van der Waals surface area (Å²) in [5, 5.41) is 15.8. The Balaban J connectivity index is 0.000000175. The Bertz CT molecular complexity index is 1520. The molecule has 0 aromatic carbocycles. The molecular weight excluding hydrogens is 608 g/mol. The largest absolute Gasteiger partial charge is 0.481 e. The number of amides is 4. The standard InChI is InChI=1S/C16H20N2O4S.C14H16N2O4S/c1-2-22-16(21)9-5-6-10-11(7-9)23-15(12(10)13(17)19)18-14(20)8-3-4-8;15-11(17)10-8-4-3-7(14(19)20)5-9(8)21-13(10)16-12(18)6-1-2-6/h8-9H,2-7H2,1H3,(H2,17,19)(H,18,20);6-7H,1-5H2,(H2,15,17)(H,16,18)(H,19,20). The highest BCUT2D eigenvalue weighted by atomic mass is 32.1. The number of nitrogens with one attached hydrogen (secondary N) is 2. The lowest BCUT2D eigenvalue weighted by Gasteiger charge is -2.20. The van der Waals surface area contributed by atoms with Crippen molar-refractivity contribution >= 4 is 68.2 Å². The maximum Gasteiger partial charge on any atom is 0.309 e. The van der Waals surface area contributed by atoms with E-state index in [1.165, 1.54) is 22.7 Å². The molecule has 6 rings (SSSR count). The van der Waals surface area contributed by atoms with Crippen LogP contribution in [0.1, 0.15) is 87.0 Å². The Labute approximate surface area is 261 Å². The van der Waals surface area contributed by atoms with Gasteiger partial charge in [-0.15, -0.1) is 22.7 Å². The second-order valence-corrected chi connectivity index (χ2v) is 13.9. The number of nitrogens with two attached hydrogens (primary N) is 2. The third kappa shape index (κ3) is 6.96. The molecule has 0 aliphatic heterocycles. The average molecular weight is 645 g/mol. The topological polar surface area (TPSA) is 208 Å². The van der Waals surface area contributed by atoms with Crippen molar-refractivity contribution in [2.75, 3.05) is 17.2 Å². The molecule has 2 saturated carbocycles. The van der Waals surface area contributed by atoms with Gasteiger partial charge in [0.2, 0.25) is 11.8 Å². The lowest BCUT2D eigenvalue weighted by molar-refractivity contribution is -0.148. The van der Waals surface area contributed by atoms with Crippen molar-refractivity contribution < 1.29 is 38.6 Å². The summed E-state index contributed by atoms with van der Waals surface area (Å²) in [6.07, 6.45) is 6.74. The van der Waals surface area contributed by atoms with E-state index in [2.05, 4.69) is 10.6 Å². The van der Waals surface area contributed by atoms with Crippen LogP contribution in [0.25, 0.3) is 0 Å². The highest BCUT2D eigenvalue weighted by molar-refractivity contribution is 7.17. The summed E-state index contributed by atoms with van der Waals surface area (Å²) in [6, 6.07) is 0. The van der Waals surface area contributed by atoms with Gasteiger partial charge in [0.05, 0.1) is 29.6 Å². The molecule has 2 heterocycles. The lowest BCUT2D eigenvalue weighted by Crippen LogP contribution is -2.25. The Hall–Kier alpha value is -3.78. The Kier molecular flexibility index (Phi) is 9.39. The molecule has 2 unspecified atom stereocenters. The molecule has 4 amide bonds. The van der Waals surface area contributed by atoms with Crippen molar-refractivity contribution in [2.24, 2.45) is 35.1 Å². The number of esters is 1. The van der Waals surface area contributed by atoms with Crippen LogP contribution in [-0.2, 0) is 49.6 Å². The van der Waals surface area contributed by atoms with Gasteiger partial charge in [-0.3, -0.25) is 28.8 Å². The lowest BCUT2D eigenvalue weighted by atomic mass is 9.87. The van der Waals surface area contributed by atoms with Gasteiger partial charge >= 0.3 is 11.9 Å². The van der Waals surface area contributed by atoms with Crippen LogP contribution in [-0.4, -0.2) is 47.3 Å². The molecule has 236 valence electrons. The van der Waals surface area contributed by atoms with Crippen LogP contribution in [0.2, 0.25) is 0 Å². The normalized spacial score (nSPS) is 20.2. The molecule has 2 atom stereocenters. The van der Waals surface area contributed by atoms with Crippen molar-refractivity contribution in [1.29, 1.82) is 0 Å². The number of hydrogen-bond acceptors (Lipinski definition) is 9. The van der Waals surface area contributed by atoms with Gasteiger partial charge in [0.15, 0.2) is 0 Å². The molecule has 0 spiro atoms. The third-order valence-corrected chi connectivity index (χ3v) is 10.7. The fraction of sp³-hybridized carbons (Fsp3) is 0.533. The number of anilines is 2. The van der Waals surface area contributed by atoms with Crippen LogP contribution < -0.4 is 22.1 Å². The third-order valence-electron chi connectivity index (χ3n) is 8.36. The van der Waals surface area contributed by atoms with Crippen molar-refractivity contribution in [3.63, 3.8) is 0 Å². The molecular formula is C30H36N4O8S2. The Morgan fingerprint density at radius 3 is 1.55 bits per heavy atom. The number of carboxylic acids is 1. The molecule has 4 aliphatic rings. The number of fused-ring (bicyclic) bond motifs is 2. The minimum atomic E-state index is -0.821. The second-order valence-electron chi connectivity index (χ2n) is 11.6. The maximum absolute atomic E-state index is 12.0. The van der Waals surface area contributed by atoms with E-state index in [-0.39, 0.29) is 35.5 Å². The molecule has 14 heteroatoms. The number of rotatable bonds is 9. The maximum atomic E-state index is 12.0. The highest BCUT2D eigenvalue weighted by Crippen LogP contribution is 2.42. The second kappa shape index (κ2) is 13.1. The molecule has 0 saturated heterocycles. The predicted molar refractivity (Wildman–Crippen MR) is 164 cm³/mol. The number of hydrogen-bond donors (Lipinski definition) is 5. The number of carbonyl (C=O) groups is 6. The van der Waals surface area contributed by atoms with E-state index in [4.69, 9.17) is 21.3 Å². The first-order valence-corrected chi connectivity index (χ1v) is 16.5. The van der Waals surface area contributed by atoms with Crippen molar-refractivity contribution in [1.82, 2.24) is 0 Å². The number of aliphatic carboxylic acids is 1. The molecule has 44 heavy (non-hydrogen) atoms. The number of ether oxygens (including phenoxy) is 1. The summed E-state index contributed by atoms with van der Waals surface area (Å²) in [4.78, 5) is 72.2. The van der Waals surface area contributed by atoms with Gasteiger partial charge in [0.1, 0.15) is 10.0 Å². The number of carboxylic acid groups (broad SMARTS) is 1. The van der Waals surface area contributed by atoms with Crippen molar-refractivity contribution in [3.8, 4) is 0 Å². The number of thiophene rings is 2.